The quantitative estimate of drug-likeness (QED) is 0.711. The third-order valence-electron chi connectivity index (χ3n) is 5.03. The highest BCUT2D eigenvalue weighted by atomic mass is 19.1. The van der Waals surface area contributed by atoms with E-state index in [1.807, 2.05) is 0 Å². The van der Waals surface area contributed by atoms with E-state index >= 15 is 0 Å². The molecule has 28 heavy (non-hydrogen) atoms. The molecule has 1 aliphatic heterocycles. The zero-order valence-electron chi connectivity index (χ0n) is 16.1. The van der Waals surface area contributed by atoms with Crippen LogP contribution in [0.2, 0.25) is 0 Å². The number of carbonyl (C=O) groups excluding carboxylic acids is 2. The number of ketones is 1. The molecule has 148 valence electrons. The molecule has 0 N–H and O–H groups in total. The number of likely N-dealkylation sites (tertiary alicyclic amines) is 1. The van der Waals surface area contributed by atoms with Crippen molar-refractivity contribution >= 4 is 11.7 Å². The maximum Gasteiger partial charge on any atom is 0.263 e. The molecule has 0 aliphatic carbocycles. The molecule has 5 nitrogen and oxygen atoms in total. The minimum absolute atomic E-state index is 0.0919. The monoisotopic (exact) mass is 385 g/mol. The summed E-state index contributed by atoms with van der Waals surface area (Å²) < 4.78 is 23.7. The van der Waals surface area contributed by atoms with Gasteiger partial charge >= 0.3 is 0 Å². The van der Waals surface area contributed by atoms with Gasteiger partial charge in [0, 0.05) is 24.6 Å². The molecule has 3 rings (SSSR count). The second-order valence-corrected chi connectivity index (χ2v) is 6.91. The fraction of sp³-hybridized carbons (Fsp3) is 0.364. The molecular formula is C22H24FNO4. The van der Waals surface area contributed by atoms with Crippen molar-refractivity contribution in [2.24, 2.45) is 5.92 Å². The highest BCUT2D eigenvalue weighted by molar-refractivity contribution is 5.98. The van der Waals surface area contributed by atoms with Crippen LogP contribution in [-0.4, -0.2) is 42.9 Å². The van der Waals surface area contributed by atoms with Crippen molar-refractivity contribution in [2.75, 3.05) is 20.2 Å². The van der Waals surface area contributed by atoms with E-state index in [-0.39, 0.29) is 23.4 Å². The van der Waals surface area contributed by atoms with E-state index in [4.69, 9.17) is 9.47 Å². The Morgan fingerprint density at radius 2 is 1.57 bits per heavy atom. The molecule has 1 aliphatic rings. The van der Waals surface area contributed by atoms with E-state index in [0.717, 1.165) is 0 Å². The Bertz CT molecular complexity index is 811. The van der Waals surface area contributed by atoms with Gasteiger partial charge in [0.2, 0.25) is 0 Å². The summed E-state index contributed by atoms with van der Waals surface area (Å²) in [5.41, 5.74) is 0.665. The molecule has 1 heterocycles. The third-order valence-corrected chi connectivity index (χ3v) is 5.03. The standard InChI is InChI=1S/C22H24FNO4/c1-15(28-20-9-5-18(23)6-10-20)22(26)24-13-11-17(12-14-24)21(25)16-3-7-19(27-2)8-4-16/h3-10,15,17H,11-14H2,1-2H3. The Morgan fingerprint density at radius 3 is 2.14 bits per heavy atom. The van der Waals surface area contributed by atoms with E-state index < -0.39 is 6.10 Å². The summed E-state index contributed by atoms with van der Waals surface area (Å²) in [6.45, 7) is 2.71. The Kier molecular flexibility index (Phi) is 6.29. The maximum absolute atomic E-state index is 13.0. The van der Waals surface area contributed by atoms with E-state index in [2.05, 4.69) is 0 Å². The topological polar surface area (TPSA) is 55.8 Å². The van der Waals surface area contributed by atoms with Crippen LogP contribution < -0.4 is 9.47 Å². The van der Waals surface area contributed by atoms with E-state index in [1.54, 1.807) is 43.2 Å². The number of ether oxygens (including phenoxy) is 2. The fourth-order valence-corrected chi connectivity index (χ4v) is 3.38. The Balaban J connectivity index is 1.52. The lowest BCUT2D eigenvalue weighted by Crippen LogP contribution is -2.45. The minimum atomic E-state index is -0.667. The molecule has 0 radical (unpaired) electrons. The zero-order chi connectivity index (χ0) is 20.1. The van der Waals surface area contributed by atoms with E-state index in [1.165, 1.54) is 24.3 Å². The lowest BCUT2D eigenvalue weighted by Gasteiger charge is -2.33. The third kappa shape index (κ3) is 4.68. The van der Waals surface area contributed by atoms with Crippen molar-refractivity contribution in [1.82, 2.24) is 4.90 Å². The largest absolute Gasteiger partial charge is 0.497 e. The first-order valence-corrected chi connectivity index (χ1v) is 9.37. The Hall–Kier alpha value is -2.89. The van der Waals surface area contributed by atoms with Gasteiger partial charge in [-0.05, 0) is 68.3 Å². The van der Waals surface area contributed by atoms with Crippen LogP contribution in [0.3, 0.4) is 0 Å². The summed E-state index contributed by atoms with van der Waals surface area (Å²) in [6, 6.07) is 12.7. The number of benzene rings is 2. The van der Waals surface area contributed by atoms with Gasteiger partial charge in [-0.15, -0.1) is 0 Å². The van der Waals surface area contributed by atoms with Gasteiger partial charge in [-0.1, -0.05) is 0 Å². The highest BCUT2D eigenvalue weighted by Crippen LogP contribution is 2.24. The number of carbonyl (C=O) groups is 2. The average Bonchev–Trinajstić information content (AvgIpc) is 2.74. The van der Waals surface area contributed by atoms with Crippen LogP contribution in [0.5, 0.6) is 11.5 Å². The summed E-state index contributed by atoms with van der Waals surface area (Å²) in [5.74, 6) is 0.699. The Morgan fingerprint density at radius 1 is 1.00 bits per heavy atom. The number of hydrogen-bond donors (Lipinski definition) is 0. The van der Waals surface area contributed by atoms with Gasteiger partial charge in [0.15, 0.2) is 11.9 Å². The SMILES string of the molecule is COc1ccc(C(=O)C2CCN(C(=O)C(C)Oc3ccc(F)cc3)CC2)cc1. The highest BCUT2D eigenvalue weighted by Gasteiger charge is 2.30. The average molecular weight is 385 g/mol. The van der Waals surface area contributed by atoms with Gasteiger partial charge in [0.05, 0.1) is 7.11 Å². The normalized spacial score (nSPS) is 15.8. The van der Waals surface area contributed by atoms with Crippen molar-refractivity contribution in [1.29, 1.82) is 0 Å². The number of hydrogen-bond acceptors (Lipinski definition) is 4. The van der Waals surface area contributed by atoms with Crippen LogP contribution in [0.25, 0.3) is 0 Å². The van der Waals surface area contributed by atoms with Gasteiger partial charge < -0.3 is 14.4 Å². The fourth-order valence-electron chi connectivity index (χ4n) is 3.38. The summed E-state index contributed by atoms with van der Waals surface area (Å²) in [6.07, 6.45) is 0.582. The van der Waals surface area contributed by atoms with Gasteiger partial charge in [0.1, 0.15) is 17.3 Å². The van der Waals surface area contributed by atoms with Crippen LogP contribution in [-0.2, 0) is 4.79 Å². The first-order valence-electron chi connectivity index (χ1n) is 9.37. The molecule has 0 bridgehead atoms. The van der Waals surface area contributed by atoms with Crippen molar-refractivity contribution < 1.29 is 23.5 Å². The number of halogens is 1. The number of nitrogens with zero attached hydrogens (tertiary/aromatic N) is 1. The lowest BCUT2D eigenvalue weighted by molar-refractivity contribution is -0.139. The molecular weight excluding hydrogens is 361 g/mol. The van der Waals surface area contributed by atoms with Gasteiger partial charge in [-0.2, -0.15) is 0 Å². The minimum Gasteiger partial charge on any atom is -0.497 e. The molecule has 1 amide bonds. The predicted molar refractivity (Wildman–Crippen MR) is 103 cm³/mol. The van der Waals surface area contributed by atoms with Crippen molar-refractivity contribution in [3.8, 4) is 11.5 Å². The molecule has 2 aromatic carbocycles. The van der Waals surface area contributed by atoms with Crippen molar-refractivity contribution in [3.63, 3.8) is 0 Å². The molecule has 1 unspecified atom stereocenters. The van der Waals surface area contributed by atoms with Crippen molar-refractivity contribution in [3.05, 3.63) is 59.9 Å². The number of amides is 1. The molecule has 2 aromatic rings. The summed E-state index contributed by atoms with van der Waals surface area (Å²) in [7, 11) is 1.59. The second-order valence-electron chi connectivity index (χ2n) is 6.91. The first kappa shape index (κ1) is 19.9. The van der Waals surface area contributed by atoms with E-state index in [9.17, 15) is 14.0 Å². The van der Waals surface area contributed by atoms with Gasteiger partial charge in [0.25, 0.3) is 5.91 Å². The smallest absolute Gasteiger partial charge is 0.263 e. The van der Waals surface area contributed by atoms with Crippen LogP contribution in [0.4, 0.5) is 4.39 Å². The molecule has 1 saturated heterocycles. The van der Waals surface area contributed by atoms with Crippen molar-refractivity contribution in [2.45, 2.75) is 25.9 Å². The first-order chi connectivity index (χ1) is 13.5. The zero-order valence-corrected chi connectivity index (χ0v) is 16.1. The molecule has 1 atom stereocenters. The number of piperidine rings is 1. The van der Waals surface area contributed by atoms with Crippen LogP contribution >= 0.6 is 0 Å². The molecule has 0 saturated carbocycles. The second kappa shape index (κ2) is 8.87. The number of Topliss-reactive ketones (excluding diaryl/α,β-unsaturated/α-hetero) is 1. The van der Waals surface area contributed by atoms with Gasteiger partial charge in [-0.25, -0.2) is 4.39 Å². The maximum atomic E-state index is 13.0. The summed E-state index contributed by atoms with van der Waals surface area (Å²) in [4.78, 5) is 27.0. The predicted octanol–water partition coefficient (Wildman–Crippen LogP) is 3.72. The molecule has 0 spiro atoms. The summed E-state index contributed by atoms with van der Waals surface area (Å²) in [5, 5.41) is 0. The molecule has 6 heteroatoms. The number of rotatable bonds is 6. The summed E-state index contributed by atoms with van der Waals surface area (Å²) >= 11 is 0. The van der Waals surface area contributed by atoms with Crippen LogP contribution in [0, 0.1) is 11.7 Å². The van der Waals surface area contributed by atoms with E-state index in [0.29, 0.717) is 43.0 Å². The van der Waals surface area contributed by atoms with Gasteiger partial charge in [-0.3, -0.25) is 9.59 Å². The number of methoxy groups -OCH3 is 1. The molecule has 1 fully saturated rings. The van der Waals surface area contributed by atoms with Crippen LogP contribution in [0.1, 0.15) is 30.1 Å². The van der Waals surface area contributed by atoms with Crippen LogP contribution in [0.15, 0.2) is 48.5 Å². The molecule has 0 aromatic heterocycles. The Labute approximate surface area is 164 Å². The lowest BCUT2D eigenvalue weighted by atomic mass is 9.88.